The summed E-state index contributed by atoms with van der Waals surface area (Å²) in [4.78, 5) is 11.8. The van der Waals surface area contributed by atoms with Crippen LogP contribution < -0.4 is 4.74 Å². The lowest BCUT2D eigenvalue weighted by atomic mass is 9.95. The molecule has 0 aliphatic carbocycles. The van der Waals surface area contributed by atoms with Crippen molar-refractivity contribution in [3.63, 3.8) is 0 Å². The van der Waals surface area contributed by atoms with Crippen molar-refractivity contribution < 1.29 is 27.4 Å². The van der Waals surface area contributed by atoms with Gasteiger partial charge in [0.1, 0.15) is 23.2 Å². The van der Waals surface area contributed by atoms with Gasteiger partial charge in [0.2, 0.25) is 0 Å². The first-order chi connectivity index (χ1) is 15.7. The van der Waals surface area contributed by atoms with E-state index < -0.39 is 11.8 Å². The Kier molecular flexibility index (Phi) is 7.79. The summed E-state index contributed by atoms with van der Waals surface area (Å²) in [6, 6.07) is 12.2. The van der Waals surface area contributed by atoms with Crippen molar-refractivity contribution >= 4 is 5.97 Å². The van der Waals surface area contributed by atoms with Crippen molar-refractivity contribution in [3.8, 4) is 16.9 Å². The molecule has 0 saturated heterocycles. The average Bonchev–Trinajstić information content (AvgIpc) is 2.76. The molecule has 0 fully saturated rings. The molecular weight excluding hydrogens is 429 g/mol. The van der Waals surface area contributed by atoms with Crippen molar-refractivity contribution in [1.82, 2.24) is 0 Å². The van der Waals surface area contributed by atoms with Crippen LogP contribution in [0.1, 0.15) is 36.1 Å². The molecule has 0 aromatic heterocycles. The second-order valence-electron chi connectivity index (χ2n) is 8.25. The van der Waals surface area contributed by atoms with Gasteiger partial charge >= 0.3 is 5.97 Å². The summed E-state index contributed by atoms with van der Waals surface area (Å²) in [6.45, 7) is 6.52. The van der Waals surface area contributed by atoms with E-state index in [1.807, 2.05) is 0 Å². The summed E-state index contributed by atoms with van der Waals surface area (Å²) in [6.07, 6.45) is 0.214. The van der Waals surface area contributed by atoms with E-state index in [9.17, 15) is 18.0 Å². The molecule has 6 heteroatoms. The molecule has 0 atom stereocenters. The second-order valence-corrected chi connectivity index (χ2v) is 8.25. The lowest BCUT2D eigenvalue weighted by Gasteiger charge is -2.16. The number of aryl methyl sites for hydroxylation is 2. The number of hydrogen-bond donors (Lipinski definition) is 0. The van der Waals surface area contributed by atoms with Crippen molar-refractivity contribution in [1.29, 1.82) is 0 Å². The van der Waals surface area contributed by atoms with E-state index in [4.69, 9.17) is 9.47 Å². The summed E-state index contributed by atoms with van der Waals surface area (Å²) in [7, 11) is 0. The van der Waals surface area contributed by atoms with Gasteiger partial charge in [-0.05, 0) is 104 Å². The predicted molar refractivity (Wildman–Crippen MR) is 122 cm³/mol. The zero-order valence-electron chi connectivity index (χ0n) is 19.2. The van der Waals surface area contributed by atoms with Crippen LogP contribution in [0.2, 0.25) is 0 Å². The second kappa shape index (κ2) is 10.6. The number of halogens is 3. The summed E-state index contributed by atoms with van der Waals surface area (Å²) in [5, 5.41) is 0. The Morgan fingerprint density at radius 3 is 2.36 bits per heavy atom. The highest BCUT2D eigenvalue weighted by Crippen LogP contribution is 2.30. The Labute approximate surface area is 192 Å². The highest BCUT2D eigenvalue weighted by atomic mass is 19.1. The smallest absolute Gasteiger partial charge is 0.344 e. The Bertz CT molecular complexity index is 1160. The number of esters is 1. The van der Waals surface area contributed by atoms with Crippen LogP contribution in [0.25, 0.3) is 11.1 Å². The number of ether oxygens (including phenoxy) is 2. The third-order valence-corrected chi connectivity index (χ3v) is 5.34. The summed E-state index contributed by atoms with van der Waals surface area (Å²) < 4.78 is 53.7. The van der Waals surface area contributed by atoms with Crippen LogP contribution >= 0.6 is 0 Å². The van der Waals surface area contributed by atoms with E-state index in [0.29, 0.717) is 39.1 Å². The molecule has 0 heterocycles. The van der Waals surface area contributed by atoms with E-state index in [0.717, 1.165) is 0 Å². The zero-order chi connectivity index (χ0) is 24.1. The molecule has 0 bridgehead atoms. The van der Waals surface area contributed by atoms with Gasteiger partial charge in [0.25, 0.3) is 0 Å². The minimum Gasteiger partial charge on any atom is -0.482 e. The minimum absolute atomic E-state index is 0.232. The van der Waals surface area contributed by atoms with E-state index in [2.05, 4.69) is 0 Å². The average molecular weight is 457 g/mol. The first kappa shape index (κ1) is 24.4. The summed E-state index contributed by atoms with van der Waals surface area (Å²) in [5.74, 6) is -1.29. The maximum atomic E-state index is 14.9. The number of hydrogen-bond acceptors (Lipinski definition) is 3. The lowest BCUT2D eigenvalue weighted by molar-refractivity contribution is -0.149. The van der Waals surface area contributed by atoms with Crippen molar-refractivity contribution in [3.05, 3.63) is 88.2 Å². The van der Waals surface area contributed by atoms with Crippen molar-refractivity contribution in [2.45, 2.75) is 46.6 Å². The van der Waals surface area contributed by atoms with Crippen LogP contribution in [-0.2, 0) is 22.4 Å². The number of carbonyl (C=O) groups is 1. The fourth-order valence-electron chi connectivity index (χ4n) is 3.67. The molecule has 3 aromatic rings. The zero-order valence-corrected chi connectivity index (χ0v) is 19.2. The molecule has 0 spiro atoms. The third-order valence-electron chi connectivity index (χ3n) is 5.34. The monoisotopic (exact) mass is 456 g/mol. The van der Waals surface area contributed by atoms with Crippen LogP contribution in [0.15, 0.2) is 48.5 Å². The van der Waals surface area contributed by atoms with Gasteiger partial charge in [-0.15, -0.1) is 0 Å². The standard InChI is InChI=1S/C27H27F3O3/c1-16(2)33-26(31)15-32-25-12-17(3)27(30)23(18(25)4)10-8-21-13-20(9-11-24(21)29)19-6-5-7-22(28)14-19/h5-7,9,11-14,16H,8,10,15H2,1-4H3. The normalized spacial score (nSPS) is 11.0. The molecule has 0 aliphatic heterocycles. The van der Waals surface area contributed by atoms with Gasteiger partial charge in [0, 0.05) is 0 Å². The summed E-state index contributed by atoms with van der Waals surface area (Å²) in [5.41, 5.74) is 3.05. The quantitative estimate of drug-likeness (QED) is 0.363. The fraction of sp³-hybridized carbons (Fsp3) is 0.296. The third kappa shape index (κ3) is 6.15. The molecule has 3 nitrogen and oxygen atoms in total. The van der Waals surface area contributed by atoms with E-state index in [1.54, 1.807) is 58.0 Å². The Morgan fingerprint density at radius 1 is 0.939 bits per heavy atom. The molecule has 3 rings (SSSR count). The SMILES string of the molecule is Cc1cc(OCC(=O)OC(C)C)c(C)c(CCc2cc(-c3cccc(F)c3)ccc2F)c1F. The van der Waals surface area contributed by atoms with Crippen LogP contribution in [0, 0.1) is 31.3 Å². The molecule has 0 radical (unpaired) electrons. The van der Waals surface area contributed by atoms with Crippen molar-refractivity contribution in [2.75, 3.05) is 6.61 Å². The largest absolute Gasteiger partial charge is 0.482 e. The molecule has 3 aromatic carbocycles. The summed E-state index contributed by atoms with van der Waals surface area (Å²) >= 11 is 0. The Balaban J connectivity index is 1.81. The van der Waals surface area contributed by atoms with E-state index >= 15 is 0 Å². The Hall–Kier alpha value is -3.28. The van der Waals surface area contributed by atoms with Gasteiger partial charge in [-0.1, -0.05) is 18.2 Å². The van der Waals surface area contributed by atoms with Gasteiger partial charge < -0.3 is 9.47 Å². The molecule has 33 heavy (non-hydrogen) atoms. The molecule has 0 N–H and O–H groups in total. The van der Waals surface area contributed by atoms with Gasteiger partial charge in [-0.3, -0.25) is 0 Å². The molecule has 0 amide bonds. The van der Waals surface area contributed by atoms with Gasteiger partial charge in [-0.25, -0.2) is 18.0 Å². The van der Waals surface area contributed by atoms with Crippen LogP contribution in [-0.4, -0.2) is 18.7 Å². The molecule has 0 saturated carbocycles. The number of carbonyl (C=O) groups excluding carboxylic acids is 1. The van der Waals surface area contributed by atoms with Crippen LogP contribution in [0.5, 0.6) is 5.75 Å². The lowest BCUT2D eigenvalue weighted by Crippen LogP contribution is -2.19. The highest BCUT2D eigenvalue weighted by molar-refractivity contribution is 5.71. The number of benzene rings is 3. The number of rotatable bonds is 8. The van der Waals surface area contributed by atoms with Gasteiger partial charge in [-0.2, -0.15) is 0 Å². The molecule has 174 valence electrons. The van der Waals surface area contributed by atoms with E-state index in [-0.39, 0.29) is 37.2 Å². The maximum absolute atomic E-state index is 14.9. The molecule has 0 unspecified atom stereocenters. The predicted octanol–water partition coefficient (Wildman–Crippen LogP) is 6.50. The minimum atomic E-state index is -0.510. The van der Waals surface area contributed by atoms with Crippen LogP contribution in [0.4, 0.5) is 13.2 Å². The van der Waals surface area contributed by atoms with E-state index in [1.165, 1.54) is 18.2 Å². The molecule has 0 aliphatic rings. The van der Waals surface area contributed by atoms with Gasteiger partial charge in [0.15, 0.2) is 6.61 Å². The topological polar surface area (TPSA) is 35.5 Å². The highest BCUT2D eigenvalue weighted by Gasteiger charge is 2.17. The Morgan fingerprint density at radius 2 is 1.67 bits per heavy atom. The maximum Gasteiger partial charge on any atom is 0.344 e. The first-order valence-electron chi connectivity index (χ1n) is 10.8. The van der Waals surface area contributed by atoms with Crippen molar-refractivity contribution in [2.24, 2.45) is 0 Å². The van der Waals surface area contributed by atoms with Gasteiger partial charge in [0.05, 0.1) is 6.10 Å². The molecular formula is C27H27F3O3. The van der Waals surface area contributed by atoms with Crippen LogP contribution in [0.3, 0.4) is 0 Å². The first-order valence-corrected chi connectivity index (χ1v) is 10.8. The fourth-order valence-corrected chi connectivity index (χ4v) is 3.67.